The molecule has 0 saturated carbocycles. The molecular formula is C25H36ClN3O4. The number of rotatable bonds is 13. The number of unbranched alkanes of at least 4 members (excludes halogenated alkanes) is 1. The fourth-order valence-electron chi connectivity index (χ4n) is 3.59. The summed E-state index contributed by atoms with van der Waals surface area (Å²) in [5, 5.41) is 14.0. The number of hydrogen-bond donors (Lipinski definition) is 2. The SMILES string of the molecule is CCCCOCCCNCc1ccc(OCC(O)c2ccc3c(c2)n(C)c(=O)n3C)cc1.Cl. The highest BCUT2D eigenvalue weighted by atomic mass is 35.5. The van der Waals surface area contributed by atoms with E-state index in [1.54, 1.807) is 23.2 Å². The molecule has 1 aromatic heterocycles. The van der Waals surface area contributed by atoms with Crippen molar-refractivity contribution in [2.75, 3.05) is 26.4 Å². The van der Waals surface area contributed by atoms with Crippen LogP contribution in [0.15, 0.2) is 47.3 Å². The number of nitrogens with one attached hydrogen (secondary N) is 1. The summed E-state index contributed by atoms with van der Waals surface area (Å²) in [7, 11) is 3.47. The van der Waals surface area contributed by atoms with E-state index in [1.807, 2.05) is 42.5 Å². The van der Waals surface area contributed by atoms with Gasteiger partial charge < -0.3 is 19.9 Å². The van der Waals surface area contributed by atoms with Crippen LogP contribution in [0.5, 0.6) is 5.75 Å². The lowest BCUT2D eigenvalue weighted by atomic mass is 10.1. The van der Waals surface area contributed by atoms with Crippen LogP contribution in [-0.2, 0) is 25.4 Å². The number of aliphatic hydroxyl groups is 1. The number of imidazole rings is 1. The van der Waals surface area contributed by atoms with Gasteiger partial charge in [0.15, 0.2) is 0 Å². The molecule has 0 saturated heterocycles. The van der Waals surface area contributed by atoms with Gasteiger partial charge in [0.25, 0.3) is 0 Å². The average molecular weight is 478 g/mol. The van der Waals surface area contributed by atoms with Crippen LogP contribution in [0.1, 0.15) is 43.4 Å². The minimum absolute atomic E-state index is 0. The molecule has 182 valence electrons. The third-order valence-electron chi connectivity index (χ3n) is 5.63. The van der Waals surface area contributed by atoms with Crippen molar-refractivity contribution in [2.45, 2.75) is 38.8 Å². The topological polar surface area (TPSA) is 77.7 Å². The summed E-state index contributed by atoms with van der Waals surface area (Å²) >= 11 is 0. The first-order valence-corrected chi connectivity index (χ1v) is 11.3. The van der Waals surface area contributed by atoms with Crippen molar-refractivity contribution >= 4 is 23.4 Å². The number of halogens is 1. The summed E-state index contributed by atoms with van der Waals surface area (Å²) in [6.45, 7) is 5.69. The van der Waals surface area contributed by atoms with Crippen LogP contribution in [0.2, 0.25) is 0 Å². The zero-order valence-corrected chi connectivity index (χ0v) is 20.6. The maximum atomic E-state index is 12.1. The van der Waals surface area contributed by atoms with Crippen LogP contribution in [0.3, 0.4) is 0 Å². The first-order valence-electron chi connectivity index (χ1n) is 11.3. The molecule has 1 atom stereocenters. The lowest BCUT2D eigenvalue weighted by Gasteiger charge is -2.14. The van der Waals surface area contributed by atoms with Gasteiger partial charge in [0.05, 0.1) is 11.0 Å². The fourth-order valence-corrected chi connectivity index (χ4v) is 3.59. The van der Waals surface area contributed by atoms with Crippen LogP contribution in [0, 0.1) is 0 Å². The molecule has 0 fully saturated rings. The van der Waals surface area contributed by atoms with E-state index in [0.29, 0.717) is 5.75 Å². The van der Waals surface area contributed by atoms with Gasteiger partial charge in [-0.2, -0.15) is 0 Å². The second-order valence-corrected chi connectivity index (χ2v) is 8.12. The number of ether oxygens (including phenoxy) is 2. The van der Waals surface area contributed by atoms with Crippen molar-refractivity contribution in [1.82, 2.24) is 14.5 Å². The Hall–Kier alpha value is -2.32. The van der Waals surface area contributed by atoms with E-state index in [2.05, 4.69) is 12.2 Å². The van der Waals surface area contributed by atoms with Gasteiger partial charge >= 0.3 is 5.69 Å². The standard InChI is InChI=1S/C25H35N3O4.ClH/c1-4-5-14-31-15-6-13-26-17-19-7-10-21(11-8-19)32-18-24(29)20-9-12-22-23(16-20)28(3)25(30)27(22)2;/h7-12,16,24,26,29H,4-6,13-15,17-18H2,1-3H3;1H. The summed E-state index contributed by atoms with van der Waals surface area (Å²) in [5.74, 6) is 0.713. The van der Waals surface area contributed by atoms with Crippen molar-refractivity contribution in [3.8, 4) is 5.75 Å². The molecule has 1 unspecified atom stereocenters. The van der Waals surface area contributed by atoms with Gasteiger partial charge in [-0.1, -0.05) is 31.5 Å². The molecule has 0 radical (unpaired) electrons. The van der Waals surface area contributed by atoms with Crippen LogP contribution < -0.4 is 15.7 Å². The Kier molecular flexibility index (Phi) is 10.9. The van der Waals surface area contributed by atoms with Crippen LogP contribution in [-0.4, -0.2) is 40.6 Å². The quantitative estimate of drug-likeness (QED) is 0.367. The molecule has 0 aliphatic carbocycles. The number of nitrogens with zero attached hydrogens (tertiary/aromatic N) is 2. The van der Waals surface area contributed by atoms with Crippen molar-refractivity contribution in [3.05, 3.63) is 64.1 Å². The first kappa shape index (κ1) is 26.9. The minimum Gasteiger partial charge on any atom is -0.491 e. The number of hydrogen-bond acceptors (Lipinski definition) is 5. The van der Waals surface area contributed by atoms with Gasteiger partial charge in [-0.3, -0.25) is 9.13 Å². The smallest absolute Gasteiger partial charge is 0.328 e. The summed E-state index contributed by atoms with van der Waals surface area (Å²) < 4.78 is 14.5. The van der Waals surface area contributed by atoms with Gasteiger partial charge in [0.1, 0.15) is 18.5 Å². The number of fused-ring (bicyclic) bond motifs is 1. The van der Waals surface area contributed by atoms with E-state index >= 15 is 0 Å². The third kappa shape index (κ3) is 7.33. The minimum atomic E-state index is -0.782. The third-order valence-corrected chi connectivity index (χ3v) is 5.63. The van der Waals surface area contributed by atoms with E-state index in [1.165, 1.54) is 12.0 Å². The molecule has 1 heterocycles. The first-order chi connectivity index (χ1) is 15.5. The molecule has 0 bridgehead atoms. The van der Waals surface area contributed by atoms with Crippen molar-refractivity contribution in [2.24, 2.45) is 14.1 Å². The van der Waals surface area contributed by atoms with Crippen LogP contribution >= 0.6 is 12.4 Å². The van der Waals surface area contributed by atoms with Gasteiger partial charge in [0, 0.05) is 33.9 Å². The van der Waals surface area contributed by atoms with Gasteiger partial charge in [-0.25, -0.2) is 4.79 Å². The highest BCUT2D eigenvalue weighted by Gasteiger charge is 2.13. The number of aromatic nitrogens is 2. The highest BCUT2D eigenvalue weighted by molar-refractivity contribution is 5.85. The summed E-state index contributed by atoms with van der Waals surface area (Å²) in [6, 6.07) is 13.4. The van der Waals surface area contributed by atoms with Crippen molar-refractivity contribution in [1.29, 1.82) is 0 Å². The molecule has 0 aliphatic heterocycles. The predicted octanol–water partition coefficient (Wildman–Crippen LogP) is 3.71. The molecule has 7 nitrogen and oxygen atoms in total. The molecule has 3 rings (SSSR count). The molecular weight excluding hydrogens is 442 g/mol. The van der Waals surface area contributed by atoms with E-state index in [0.717, 1.165) is 55.7 Å². The predicted molar refractivity (Wildman–Crippen MR) is 134 cm³/mol. The molecule has 2 N–H and O–H groups in total. The average Bonchev–Trinajstić information content (AvgIpc) is 3.03. The lowest BCUT2D eigenvalue weighted by molar-refractivity contribution is 0.108. The van der Waals surface area contributed by atoms with E-state index < -0.39 is 6.10 Å². The van der Waals surface area contributed by atoms with Crippen molar-refractivity contribution in [3.63, 3.8) is 0 Å². The second-order valence-electron chi connectivity index (χ2n) is 8.12. The number of aryl methyl sites for hydroxylation is 2. The molecule has 33 heavy (non-hydrogen) atoms. The Morgan fingerprint density at radius 2 is 1.70 bits per heavy atom. The Bertz CT molecular complexity index is 1050. The molecule has 2 aromatic carbocycles. The Labute approximate surface area is 201 Å². The molecule has 0 aliphatic rings. The Balaban J connectivity index is 0.00000385. The zero-order valence-electron chi connectivity index (χ0n) is 19.8. The lowest BCUT2D eigenvalue weighted by Crippen LogP contribution is -2.19. The maximum Gasteiger partial charge on any atom is 0.328 e. The second kappa shape index (κ2) is 13.4. The molecule has 8 heteroatoms. The van der Waals surface area contributed by atoms with Gasteiger partial charge in [-0.15, -0.1) is 12.4 Å². The molecule has 0 amide bonds. The number of benzene rings is 2. The zero-order chi connectivity index (χ0) is 22.9. The Morgan fingerprint density at radius 1 is 1.00 bits per heavy atom. The van der Waals surface area contributed by atoms with E-state index in [9.17, 15) is 9.90 Å². The molecule has 3 aromatic rings. The largest absolute Gasteiger partial charge is 0.491 e. The highest BCUT2D eigenvalue weighted by Crippen LogP contribution is 2.21. The van der Waals surface area contributed by atoms with Crippen LogP contribution in [0.25, 0.3) is 11.0 Å². The van der Waals surface area contributed by atoms with Gasteiger partial charge in [-0.05, 0) is 54.8 Å². The van der Waals surface area contributed by atoms with Gasteiger partial charge in [0.2, 0.25) is 0 Å². The number of aliphatic hydroxyl groups excluding tert-OH is 1. The van der Waals surface area contributed by atoms with Crippen LogP contribution in [0.4, 0.5) is 0 Å². The summed E-state index contributed by atoms with van der Waals surface area (Å²) in [5.41, 5.74) is 3.44. The van der Waals surface area contributed by atoms with E-state index in [4.69, 9.17) is 9.47 Å². The fraction of sp³-hybridized carbons (Fsp3) is 0.480. The van der Waals surface area contributed by atoms with E-state index in [-0.39, 0.29) is 24.7 Å². The molecule has 0 spiro atoms. The maximum absolute atomic E-state index is 12.1. The van der Waals surface area contributed by atoms with Crippen molar-refractivity contribution < 1.29 is 14.6 Å². The summed E-state index contributed by atoms with van der Waals surface area (Å²) in [6.07, 6.45) is 2.52. The summed E-state index contributed by atoms with van der Waals surface area (Å²) in [4.78, 5) is 12.1. The monoisotopic (exact) mass is 477 g/mol. The normalized spacial score (nSPS) is 12.0. The Morgan fingerprint density at radius 3 is 2.42 bits per heavy atom.